The predicted molar refractivity (Wildman–Crippen MR) is 72.4 cm³/mol. The Labute approximate surface area is 110 Å². The zero-order valence-electron chi connectivity index (χ0n) is 11.5. The molecule has 1 unspecified atom stereocenters. The molecule has 4 nitrogen and oxygen atoms in total. The highest BCUT2D eigenvalue weighted by atomic mass is 16.3. The molecule has 0 radical (unpaired) electrons. The molecule has 1 aromatic rings. The second-order valence-electron chi connectivity index (χ2n) is 5.29. The Balaban J connectivity index is 1.93. The smallest absolute Gasteiger partial charge is 0.0764 e. The first kappa shape index (κ1) is 13.6. The summed E-state index contributed by atoms with van der Waals surface area (Å²) in [7, 11) is 0. The molecule has 1 aliphatic rings. The van der Waals surface area contributed by atoms with Gasteiger partial charge in [-0.3, -0.25) is 9.58 Å². The average molecular weight is 251 g/mol. The van der Waals surface area contributed by atoms with Crippen molar-refractivity contribution in [2.24, 2.45) is 0 Å². The normalized spacial score (nSPS) is 21.7. The van der Waals surface area contributed by atoms with Gasteiger partial charge in [0.2, 0.25) is 0 Å². The summed E-state index contributed by atoms with van der Waals surface area (Å²) in [4.78, 5) is 2.30. The summed E-state index contributed by atoms with van der Waals surface area (Å²) in [6, 6.07) is 2.63. The van der Waals surface area contributed by atoms with Crippen molar-refractivity contribution in [3.05, 3.63) is 18.0 Å². The molecule has 0 amide bonds. The Hall–Kier alpha value is -0.870. The van der Waals surface area contributed by atoms with Crippen LogP contribution in [0, 0.1) is 0 Å². The minimum atomic E-state index is -0.153. The van der Waals surface area contributed by atoms with Crippen molar-refractivity contribution in [1.82, 2.24) is 14.7 Å². The number of nitrogens with zero attached hydrogens (tertiary/aromatic N) is 3. The molecule has 102 valence electrons. The van der Waals surface area contributed by atoms with Crippen LogP contribution in [0.3, 0.4) is 0 Å². The highest BCUT2D eigenvalue weighted by Crippen LogP contribution is 2.16. The van der Waals surface area contributed by atoms with Crippen LogP contribution in [0.2, 0.25) is 0 Å². The molecule has 1 fully saturated rings. The maximum absolute atomic E-state index is 9.66. The second kappa shape index (κ2) is 6.34. The molecule has 1 atom stereocenters. The second-order valence-corrected chi connectivity index (χ2v) is 5.29. The maximum Gasteiger partial charge on any atom is 0.0764 e. The van der Waals surface area contributed by atoms with Crippen LogP contribution in [-0.2, 0) is 6.54 Å². The van der Waals surface area contributed by atoms with Crippen molar-refractivity contribution in [1.29, 1.82) is 0 Å². The lowest BCUT2D eigenvalue weighted by Gasteiger charge is -2.29. The molecule has 1 aromatic heterocycles. The first-order chi connectivity index (χ1) is 8.72. The van der Waals surface area contributed by atoms with Crippen LogP contribution in [0.25, 0.3) is 0 Å². The molecule has 2 heterocycles. The van der Waals surface area contributed by atoms with E-state index in [1.165, 1.54) is 0 Å². The average Bonchev–Trinajstić information content (AvgIpc) is 2.79. The topological polar surface area (TPSA) is 41.3 Å². The lowest BCUT2D eigenvalue weighted by molar-refractivity contribution is 0.0660. The van der Waals surface area contributed by atoms with Crippen LogP contribution in [0.1, 0.15) is 51.3 Å². The molecule has 0 saturated carbocycles. The molecular formula is C14H25N3O. The van der Waals surface area contributed by atoms with E-state index in [1.807, 2.05) is 0 Å². The molecular weight excluding hydrogens is 226 g/mol. The monoisotopic (exact) mass is 251 g/mol. The van der Waals surface area contributed by atoms with Gasteiger partial charge >= 0.3 is 0 Å². The number of aliphatic hydroxyl groups excluding tert-OH is 1. The van der Waals surface area contributed by atoms with Gasteiger partial charge in [0, 0.05) is 19.3 Å². The fraction of sp³-hybridized carbons (Fsp3) is 0.786. The van der Waals surface area contributed by atoms with Gasteiger partial charge in [-0.2, -0.15) is 5.10 Å². The van der Waals surface area contributed by atoms with E-state index in [-0.39, 0.29) is 6.10 Å². The van der Waals surface area contributed by atoms with Crippen molar-refractivity contribution in [2.45, 2.75) is 58.2 Å². The number of likely N-dealkylation sites (tertiary alicyclic amines) is 1. The third-order valence-electron chi connectivity index (χ3n) is 3.85. The molecule has 0 bridgehead atoms. The maximum atomic E-state index is 9.66. The van der Waals surface area contributed by atoms with Crippen LogP contribution in [-0.4, -0.2) is 39.0 Å². The fourth-order valence-corrected chi connectivity index (χ4v) is 2.73. The van der Waals surface area contributed by atoms with Crippen LogP contribution >= 0.6 is 0 Å². The van der Waals surface area contributed by atoms with E-state index in [0.29, 0.717) is 6.04 Å². The van der Waals surface area contributed by atoms with Gasteiger partial charge in [-0.15, -0.1) is 0 Å². The zero-order valence-corrected chi connectivity index (χ0v) is 11.5. The van der Waals surface area contributed by atoms with E-state index >= 15 is 0 Å². The van der Waals surface area contributed by atoms with E-state index in [9.17, 15) is 5.11 Å². The van der Waals surface area contributed by atoms with Gasteiger partial charge in [0.25, 0.3) is 0 Å². The first-order valence-corrected chi connectivity index (χ1v) is 7.17. The largest absolute Gasteiger partial charge is 0.392 e. The molecule has 2 rings (SSSR count). The number of rotatable bonds is 5. The Kier molecular flexibility index (Phi) is 4.78. The molecule has 0 spiro atoms. The minimum Gasteiger partial charge on any atom is -0.392 e. The van der Waals surface area contributed by atoms with Gasteiger partial charge < -0.3 is 5.11 Å². The summed E-state index contributed by atoms with van der Waals surface area (Å²) in [5.41, 5.74) is 1.12. The van der Waals surface area contributed by atoms with E-state index in [0.717, 1.165) is 51.0 Å². The summed E-state index contributed by atoms with van der Waals surface area (Å²) >= 11 is 0. The predicted octanol–water partition coefficient (Wildman–Crippen LogP) is 2.20. The van der Waals surface area contributed by atoms with Crippen molar-refractivity contribution in [3.8, 4) is 0 Å². The molecule has 0 aliphatic carbocycles. The van der Waals surface area contributed by atoms with Gasteiger partial charge in [0.1, 0.15) is 0 Å². The lowest BCUT2D eigenvalue weighted by atomic mass is 10.1. The van der Waals surface area contributed by atoms with Crippen LogP contribution < -0.4 is 0 Å². The Morgan fingerprint density at radius 3 is 2.89 bits per heavy atom. The van der Waals surface area contributed by atoms with E-state index in [1.54, 1.807) is 0 Å². The van der Waals surface area contributed by atoms with Gasteiger partial charge in [-0.25, -0.2) is 0 Å². The SMILES string of the molecule is CCC(CC)n1ccc(CN2CCCC(O)C2)n1. The van der Waals surface area contributed by atoms with Crippen molar-refractivity contribution < 1.29 is 5.11 Å². The quantitative estimate of drug-likeness (QED) is 0.872. The zero-order chi connectivity index (χ0) is 13.0. The third-order valence-corrected chi connectivity index (χ3v) is 3.85. The lowest BCUT2D eigenvalue weighted by Crippen LogP contribution is -2.37. The van der Waals surface area contributed by atoms with Crippen LogP contribution in [0.5, 0.6) is 0 Å². The van der Waals surface area contributed by atoms with Crippen molar-refractivity contribution in [3.63, 3.8) is 0 Å². The number of hydrogen-bond acceptors (Lipinski definition) is 3. The fourth-order valence-electron chi connectivity index (χ4n) is 2.73. The Bertz CT molecular complexity index is 360. The van der Waals surface area contributed by atoms with E-state index < -0.39 is 0 Å². The molecule has 1 N–H and O–H groups in total. The number of hydrogen-bond donors (Lipinski definition) is 1. The van der Waals surface area contributed by atoms with Gasteiger partial charge in [-0.05, 0) is 38.3 Å². The van der Waals surface area contributed by atoms with Gasteiger partial charge in [0.05, 0.1) is 17.8 Å². The van der Waals surface area contributed by atoms with Crippen molar-refractivity contribution >= 4 is 0 Å². The summed E-state index contributed by atoms with van der Waals surface area (Å²) in [5, 5.41) is 14.3. The number of aromatic nitrogens is 2. The summed E-state index contributed by atoms with van der Waals surface area (Å²) < 4.78 is 2.09. The van der Waals surface area contributed by atoms with Crippen LogP contribution in [0.15, 0.2) is 12.3 Å². The van der Waals surface area contributed by atoms with Crippen molar-refractivity contribution in [2.75, 3.05) is 13.1 Å². The first-order valence-electron chi connectivity index (χ1n) is 7.17. The Morgan fingerprint density at radius 2 is 2.22 bits per heavy atom. The molecule has 0 aromatic carbocycles. The third kappa shape index (κ3) is 3.33. The summed E-state index contributed by atoms with van der Waals surface area (Å²) in [6.45, 7) is 7.14. The number of piperidine rings is 1. The summed E-state index contributed by atoms with van der Waals surface area (Å²) in [5.74, 6) is 0. The highest BCUT2D eigenvalue weighted by Gasteiger charge is 2.18. The molecule has 1 aliphatic heterocycles. The van der Waals surface area contributed by atoms with E-state index in [4.69, 9.17) is 0 Å². The van der Waals surface area contributed by atoms with Gasteiger partial charge in [0.15, 0.2) is 0 Å². The number of β-amino-alcohol motifs (C(OH)–C–C–N with tert-alkyl or cyclic N) is 1. The molecule has 18 heavy (non-hydrogen) atoms. The highest BCUT2D eigenvalue weighted by molar-refractivity contribution is 5.00. The standard InChI is InChI=1S/C14H25N3O/c1-3-13(4-2)17-9-7-12(15-17)10-16-8-5-6-14(18)11-16/h7,9,13-14,18H,3-6,8,10-11H2,1-2H3. The van der Waals surface area contributed by atoms with E-state index in [2.05, 4.69) is 40.8 Å². The minimum absolute atomic E-state index is 0.153. The number of aliphatic hydroxyl groups is 1. The molecule has 1 saturated heterocycles. The van der Waals surface area contributed by atoms with Gasteiger partial charge in [-0.1, -0.05) is 13.8 Å². The molecule has 4 heteroatoms. The van der Waals surface area contributed by atoms with Crippen LogP contribution in [0.4, 0.5) is 0 Å². The Morgan fingerprint density at radius 1 is 1.44 bits per heavy atom. The summed E-state index contributed by atoms with van der Waals surface area (Å²) in [6.07, 6.45) is 6.22.